The van der Waals surface area contributed by atoms with Gasteiger partial charge in [0.25, 0.3) is 0 Å². The fraction of sp³-hybridized carbons (Fsp3) is 0.429. The molecule has 1 aliphatic carbocycles. The van der Waals surface area contributed by atoms with Crippen LogP contribution in [0.2, 0.25) is 5.02 Å². The van der Waals surface area contributed by atoms with E-state index in [1.807, 2.05) is 18.2 Å². The number of halogens is 1. The Balaban J connectivity index is 1.88. The average molecular weight is 292 g/mol. The molecule has 20 heavy (non-hydrogen) atoms. The van der Waals surface area contributed by atoms with Gasteiger partial charge in [0.05, 0.1) is 10.7 Å². The zero-order chi connectivity index (χ0) is 13.9. The number of rotatable bonds is 3. The quantitative estimate of drug-likeness (QED) is 0.912. The van der Waals surface area contributed by atoms with Crippen LogP contribution in [0.1, 0.15) is 25.7 Å². The molecular formula is C14H18ClN5. The van der Waals surface area contributed by atoms with Gasteiger partial charge in [0.15, 0.2) is 0 Å². The van der Waals surface area contributed by atoms with E-state index in [4.69, 9.17) is 17.3 Å². The lowest BCUT2D eigenvalue weighted by molar-refractivity contribution is 0.409. The van der Waals surface area contributed by atoms with E-state index in [1.54, 1.807) is 11.0 Å². The number of nitrogens with one attached hydrogen (secondary N) is 1. The molecule has 1 saturated carbocycles. The molecule has 2 atom stereocenters. The Morgan fingerprint density at radius 2 is 2.25 bits per heavy atom. The molecule has 1 fully saturated rings. The summed E-state index contributed by atoms with van der Waals surface area (Å²) in [5, 5.41) is 8.38. The van der Waals surface area contributed by atoms with E-state index in [0.29, 0.717) is 11.1 Å². The predicted octanol–water partition coefficient (Wildman–Crippen LogP) is 2.60. The highest BCUT2D eigenvalue weighted by atomic mass is 35.5. The molecule has 0 saturated heterocycles. The summed E-state index contributed by atoms with van der Waals surface area (Å²) in [5.41, 5.74) is 7.86. The first-order valence-corrected chi connectivity index (χ1v) is 7.27. The fourth-order valence-corrected chi connectivity index (χ4v) is 3.03. The van der Waals surface area contributed by atoms with Crippen LogP contribution in [0.15, 0.2) is 30.9 Å². The first-order chi connectivity index (χ1) is 9.74. The third-order valence-corrected chi connectivity index (χ3v) is 4.01. The van der Waals surface area contributed by atoms with Crippen molar-refractivity contribution >= 4 is 17.3 Å². The number of hydrogen-bond donors (Lipinski definition) is 2. The smallest absolute Gasteiger partial charge is 0.138 e. The summed E-state index contributed by atoms with van der Waals surface area (Å²) in [6, 6.07) is 6.49. The number of benzene rings is 1. The highest BCUT2D eigenvalue weighted by molar-refractivity contribution is 6.33. The van der Waals surface area contributed by atoms with Crippen LogP contribution in [-0.2, 0) is 0 Å². The van der Waals surface area contributed by atoms with Crippen LogP contribution in [0.25, 0.3) is 5.69 Å². The molecule has 0 aliphatic heterocycles. The second-order valence-electron chi connectivity index (χ2n) is 5.24. The lowest BCUT2D eigenvalue weighted by Gasteiger charge is -2.29. The van der Waals surface area contributed by atoms with Crippen LogP contribution in [0.3, 0.4) is 0 Å². The monoisotopic (exact) mass is 291 g/mol. The standard InChI is InChI=1S/C14H18ClN5/c15-12-5-2-6-13(14(12)20-9-17-8-18-20)19-11-4-1-3-10(16)7-11/h2,5-6,8-11,19H,1,3-4,7,16H2. The maximum absolute atomic E-state index is 6.31. The second-order valence-corrected chi connectivity index (χ2v) is 5.65. The summed E-state index contributed by atoms with van der Waals surface area (Å²) >= 11 is 6.31. The van der Waals surface area contributed by atoms with Gasteiger partial charge in [0.2, 0.25) is 0 Å². The third kappa shape index (κ3) is 2.78. The van der Waals surface area contributed by atoms with E-state index in [2.05, 4.69) is 15.4 Å². The van der Waals surface area contributed by atoms with Crippen molar-refractivity contribution in [3.63, 3.8) is 0 Å². The second kappa shape index (κ2) is 5.81. The Labute approximate surface area is 123 Å². The van der Waals surface area contributed by atoms with Gasteiger partial charge < -0.3 is 11.1 Å². The summed E-state index contributed by atoms with van der Waals surface area (Å²) < 4.78 is 1.69. The van der Waals surface area contributed by atoms with Crippen LogP contribution in [0, 0.1) is 0 Å². The topological polar surface area (TPSA) is 68.8 Å². The number of nitrogens with two attached hydrogens (primary N) is 1. The molecular weight excluding hydrogens is 274 g/mol. The van der Waals surface area contributed by atoms with Crippen molar-refractivity contribution in [3.05, 3.63) is 35.9 Å². The molecule has 0 bridgehead atoms. The van der Waals surface area contributed by atoms with E-state index < -0.39 is 0 Å². The maximum Gasteiger partial charge on any atom is 0.138 e. The minimum atomic E-state index is 0.287. The fourth-order valence-electron chi connectivity index (χ4n) is 2.77. The number of anilines is 1. The lowest BCUT2D eigenvalue weighted by Crippen LogP contribution is -2.35. The molecule has 2 aromatic rings. The van der Waals surface area contributed by atoms with Gasteiger partial charge in [-0.2, -0.15) is 5.10 Å². The van der Waals surface area contributed by atoms with Crippen LogP contribution in [0.4, 0.5) is 5.69 Å². The zero-order valence-electron chi connectivity index (χ0n) is 11.2. The molecule has 6 heteroatoms. The summed E-state index contributed by atoms with van der Waals surface area (Å²) in [7, 11) is 0. The molecule has 1 heterocycles. The van der Waals surface area contributed by atoms with Crippen molar-refractivity contribution in [2.24, 2.45) is 5.73 Å². The Bertz CT molecular complexity index is 569. The van der Waals surface area contributed by atoms with Gasteiger partial charge in [-0.15, -0.1) is 0 Å². The third-order valence-electron chi connectivity index (χ3n) is 3.71. The molecule has 1 aromatic heterocycles. The Hall–Kier alpha value is -1.59. The summed E-state index contributed by atoms with van der Waals surface area (Å²) in [6.07, 6.45) is 7.56. The highest BCUT2D eigenvalue weighted by Crippen LogP contribution is 2.30. The van der Waals surface area contributed by atoms with Gasteiger partial charge in [-0.05, 0) is 37.8 Å². The van der Waals surface area contributed by atoms with E-state index >= 15 is 0 Å². The normalized spacial score (nSPS) is 22.7. The molecule has 3 N–H and O–H groups in total. The minimum absolute atomic E-state index is 0.287. The van der Waals surface area contributed by atoms with E-state index in [1.165, 1.54) is 6.33 Å². The van der Waals surface area contributed by atoms with Crippen molar-refractivity contribution in [2.45, 2.75) is 37.8 Å². The number of para-hydroxylation sites is 1. The maximum atomic E-state index is 6.31. The van der Waals surface area contributed by atoms with Crippen molar-refractivity contribution in [1.29, 1.82) is 0 Å². The summed E-state index contributed by atoms with van der Waals surface area (Å²) in [4.78, 5) is 3.99. The molecule has 2 unspecified atom stereocenters. The van der Waals surface area contributed by atoms with Gasteiger partial charge >= 0.3 is 0 Å². The summed E-state index contributed by atoms with van der Waals surface area (Å²) in [5.74, 6) is 0. The SMILES string of the molecule is NC1CCCC(Nc2cccc(Cl)c2-n2cncn2)C1. The van der Waals surface area contributed by atoms with Gasteiger partial charge in [-0.1, -0.05) is 17.7 Å². The van der Waals surface area contributed by atoms with Gasteiger partial charge in [0.1, 0.15) is 18.3 Å². The Morgan fingerprint density at radius 1 is 1.35 bits per heavy atom. The number of nitrogens with zero attached hydrogens (tertiary/aromatic N) is 3. The van der Waals surface area contributed by atoms with Crippen LogP contribution >= 0.6 is 11.6 Å². The van der Waals surface area contributed by atoms with E-state index in [9.17, 15) is 0 Å². The van der Waals surface area contributed by atoms with Crippen molar-refractivity contribution in [1.82, 2.24) is 14.8 Å². The van der Waals surface area contributed by atoms with Gasteiger partial charge in [-0.3, -0.25) is 0 Å². The molecule has 0 radical (unpaired) electrons. The Morgan fingerprint density at radius 3 is 3.00 bits per heavy atom. The van der Waals surface area contributed by atoms with Crippen molar-refractivity contribution in [2.75, 3.05) is 5.32 Å². The van der Waals surface area contributed by atoms with Crippen LogP contribution in [0.5, 0.6) is 0 Å². The molecule has 0 amide bonds. The van der Waals surface area contributed by atoms with Crippen molar-refractivity contribution < 1.29 is 0 Å². The average Bonchev–Trinajstić information content (AvgIpc) is 2.92. The molecule has 0 spiro atoms. The largest absolute Gasteiger partial charge is 0.380 e. The molecule has 106 valence electrons. The van der Waals surface area contributed by atoms with Gasteiger partial charge in [-0.25, -0.2) is 9.67 Å². The van der Waals surface area contributed by atoms with Gasteiger partial charge in [0, 0.05) is 12.1 Å². The van der Waals surface area contributed by atoms with Crippen LogP contribution in [-0.4, -0.2) is 26.8 Å². The molecule has 3 rings (SSSR count). The lowest BCUT2D eigenvalue weighted by atomic mass is 9.91. The summed E-state index contributed by atoms with van der Waals surface area (Å²) in [6.45, 7) is 0. The molecule has 5 nitrogen and oxygen atoms in total. The van der Waals surface area contributed by atoms with Crippen LogP contribution < -0.4 is 11.1 Å². The number of hydrogen-bond acceptors (Lipinski definition) is 4. The zero-order valence-corrected chi connectivity index (χ0v) is 11.9. The Kier molecular flexibility index (Phi) is 3.89. The highest BCUT2D eigenvalue weighted by Gasteiger charge is 2.20. The predicted molar refractivity (Wildman–Crippen MR) is 80.2 cm³/mol. The molecule has 1 aliphatic rings. The minimum Gasteiger partial charge on any atom is -0.380 e. The number of aromatic nitrogens is 3. The molecule has 1 aromatic carbocycles. The first-order valence-electron chi connectivity index (χ1n) is 6.89. The van der Waals surface area contributed by atoms with E-state index in [0.717, 1.165) is 37.1 Å². The first kappa shape index (κ1) is 13.4. The van der Waals surface area contributed by atoms with Crippen molar-refractivity contribution in [3.8, 4) is 5.69 Å². The van der Waals surface area contributed by atoms with E-state index in [-0.39, 0.29) is 6.04 Å².